The molecule has 0 aliphatic carbocycles. The molecule has 148 valence electrons. The van der Waals surface area contributed by atoms with E-state index >= 15 is 0 Å². The van der Waals surface area contributed by atoms with Gasteiger partial charge >= 0.3 is 0 Å². The van der Waals surface area contributed by atoms with E-state index in [2.05, 4.69) is 21.6 Å². The van der Waals surface area contributed by atoms with Gasteiger partial charge < -0.3 is 10.2 Å². The number of amides is 1. The van der Waals surface area contributed by atoms with E-state index in [9.17, 15) is 4.79 Å². The van der Waals surface area contributed by atoms with Gasteiger partial charge in [0.25, 0.3) is 5.91 Å². The quantitative estimate of drug-likeness (QED) is 0.537. The Bertz CT molecular complexity index is 1060. The third-order valence-electron chi connectivity index (χ3n) is 5.19. The zero-order valence-corrected chi connectivity index (χ0v) is 17.5. The van der Waals surface area contributed by atoms with Crippen LogP contribution in [0.2, 0.25) is 5.02 Å². The van der Waals surface area contributed by atoms with Crippen molar-refractivity contribution in [2.45, 2.75) is 19.3 Å². The first-order valence-corrected chi connectivity index (χ1v) is 10.6. The van der Waals surface area contributed by atoms with E-state index in [0.29, 0.717) is 10.6 Å². The molecular weight excluding hydrogens is 402 g/mol. The van der Waals surface area contributed by atoms with Crippen molar-refractivity contribution in [1.29, 1.82) is 0 Å². The van der Waals surface area contributed by atoms with Crippen molar-refractivity contribution >= 4 is 57.0 Å². The van der Waals surface area contributed by atoms with Gasteiger partial charge in [-0.25, -0.2) is 0 Å². The number of para-hydroxylation sites is 2. The molecule has 4 nitrogen and oxygen atoms in total. The van der Waals surface area contributed by atoms with Crippen molar-refractivity contribution in [3.63, 3.8) is 0 Å². The summed E-state index contributed by atoms with van der Waals surface area (Å²) in [7, 11) is 0. The van der Waals surface area contributed by atoms with E-state index < -0.39 is 0 Å². The highest BCUT2D eigenvalue weighted by Gasteiger charge is 2.16. The maximum Gasteiger partial charge on any atom is 0.258 e. The number of thiocarbonyl (C=S) groups is 1. The normalized spacial score (nSPS) is 13.9. The molecule has 3 aromatic rings. The number of hydrogen-bond donors (Lipinski definition) is 2. The van der Waals surface area contributed by atoms with Gasteiger partial charge in [0.2, 0.25) is 0 Å². The summed E-state index contributed by atoms with van der Waals surface area (Å²) in [5.74, 6) is -0.258. The predicted octanol–water partition coefficient (Wildman–Crippen LogP) is 5.61. The molecule has 0 bridgehead atoms. The fourth-order valence-electron chi connectivity index (χ4n) is 3.78. The summed E-state index contributed by atoms with van der Waals surface area (Å²) in [5.41, 5.74) is 2.56. The third-order valence-corrected chi connectivity index (χ3v) is 5.72. The minimum absolute atomic E-state index is 0.258. The van der Waals surface area contributed by atoms with Crippen molar-refractivity contribution in [3.8, 4) is 0 Å². The van der Waals surface area contributed by atoms with Crippen LogP contribution < -0.4 is 15.5 Å². The summed E-state index contributed by atoms with van der Waals surface area (Å²) < 4.78 is 0. The van der Waals surface area contributed by atoms with E-state index in [0.717, 1.165) is 35.2 Å². The van der Waals surface area contributed by atoms with Crippen molar-refractivity contribution in [3.05, 3.63) is 71.2 Å². The topological polar surface area (TPSA) is 44.4 Å². The lowest BCUT2D eigenvalue weighted by molar-refractivity contribution is 0.0979. The number of rotatable bonds is 3. The summed E-state index contributed by atoms with van der Waals surface area (Å²) in [6.45, 7) is 2.07. The summed E-state index contributed by atoms with van der Waals surface area (Å²) in [4.78, 5) is 15.2. The Kier molecular flexibility index (Phi) is 5.97. The van der Waals surface area contributed by atoms with Crippen molar-refractivity contribution in [1.82, 2.24) is 5.32 Å². The van der Waals surface area contributed by atoms with Crippen LogP contribution in [0.1, 0.15) is 29.6 Å². The van der Waals surface area contributed by atoms with E-state index in [1.165, 1.54) is 19.3 Å². The van der Waals surface area contributed by atoms with E-state index in [4.69, 9.17) is 23.8 Å². The summed E-state index contributed by atoms with van der Waals surface area (Å²) in [6, 6.07) is 19.1. The van der Waals surface area contributed by atoms with Crippen LogP contribution in [-0.4, -0.2) is 24.1 Å². The summed E-state index contributed by atoms with van der Waals surface area (Å²) in [5, 5.41) is 8.54. The first kappa shape index (κ1) is 19.7. The summed E-state index contributed by atoms with van der Waals surface area (Å²) in [6.07, 6.45) is 3.66. The number of halogens is 1. The molecular formula is C23H22ClN3OS. The van der Waals surface area contributed by atoms with Gasteiger partial charge in [0, 0.05) is 29.1 Å². The molecule has 3 aromatic carbocycles. The lowest BCUT2D eigenvalue weighted by Crippen LogP contribution is -2.35. The first-order valence-electron chi connectivity index (χ1n) is 9.77. The van der Waals surface area contributed by atoms with Crippen LogP contribution in [0.5, 0.6) is 0 Å². The first-order chi connectivity index (χ1) is 14.1. The highest BCUT2D eigenvalue weighted by atomic mass is 35.5. The highest BCUT2D eigenvalue weighted by Crippen LogP contribution is 2.28. The average molecular weight is 424 g/mol. The number of carbonyl (C=O) groups excluding carboxylic acids is 1. The second-order valence-corrected chi connectivity index (χ2v) is 7.93. The Labute approximate surface area is 180 Å². The molecule has 0 atom stereocenters. The maximum atomic E-state index is 12.9. The number of fused-ring (bicyclic) bond motifs is 1. The van der Waals surface area contributed by atoms with Crippen LogP contribution in [0.3, 0.4) is 0 Å². The van der Waals surface area contributed by atoms with Crippen LogP contribution in [0, 0.1) is 0 Å². The van der Waals surface area contributed by atoms with Gasteiger partial charge in [-0.2, -0.15) is 0 Å². The Balaban J connectivity index is 1.51. The van der Waals surface area contributed by atoms with Gasteiger partial charge in [-0.3, -0.25) is 10.1 Å². The van der Waals surface area contributed by atoms with Gasteiger partial charge in [-0.05, 0) is 61.1 Å². The minimum atomic E-state index is -0.258. The molecule has 4 rings (SSSR count). The second-order valence-electron chi connectivity index (χ2n) is 7.11. The molecule has 0 spiro atoms. The molecule has 0 unspecified atom stereocenters. The van der Waals surface area contributed by atoms with Crippen LogP contribution in [0.25, 0.3) is 10.8 Å². The molecule has 1 aliphatic rings. The number of benzene rings is 3. The standard InChI is InChI=1S/C23H22ClN3OS/c24-19-11-7-8-16-17(19)9-6-10-18(16)22(28)26-23(29)25-20-12-2-3-13-21(20)27-14-4-1-5-15-27/h2-3,6-13H,1,4-5,14-15H2,(H2,25,26,28,29). The lowest BCUT2D eigenvalue weighted by Gasteiger charge is -2.30. The monoisotopic (exact) mass is 423 g/mol. The van der Waals surface area contributed by atoms with Crippen molar-refractivity contribution in [2.75, 3.05) is 23.3 Å². The van der Waals surface area contributed by atoms with E-state index in [1.807, 2.05) is 48.5 Å². The molecule has 2 N–H and O–H groups in total. The van der Waals surface area contributed by atoms with Gasteiger partial charge in [-0.1, -0.05) is 48.0 Å². The molecule has 29 heavy (non-hydrogen) atoms. The van der Waals surface area contributed by atoms with Crippen LogP contribution in [-0.2, 0) is 0 Å². The zero-order valence-electron chi connectivity index (χ0n) is 16.0. The number of hydrogen-bond acceptors (Lipinski definition) is 3. The van der Waals surface area contributed by atoms with Crippen molar-refractivity contribution in [2.24, 2.45) is 0 Å². The highest BCUT2D eigenvalue weighted by molar-refractivity contribution is 7.80. The molecule has 0 saturated carbocycles. The largest absolute Gasteiger partial charge is 0.370 e. The van der Waals surface area contributed by atoms with E-state index in [1.54, 1.807) is 6.07 Å². The fraction of sp³-hybridized carbons (Fsp3) is 0.217. The van der Waals surface area contributed by atoms with Gasteiger partial charge in [0.1, 0.15) is 0 Å². The fourth-order valence-corrected chi connectivity index (χ4v) is 4.22. The molecule has 0 aromatic heterocycles. The molecule has 0 radical (unpaired) electrons. The van der Waals surface area contributed by atoms with Crippen LogP contribution in [0.4, 0.5) is 11.4 Å². The number of nitrogens with zero attached hydrogens (tertiary/aromatic N) is 1. The SMILES string of the molecule is O=C(NC(=S)Nc1ccccc1N1CCCCC1)c1cccc2c(Cl)cccc12. The maximum absolute atomic E-state index is 12.9. The smallest absolute Gasteiger partial charge is 0.258 e. The second kappa shape index (κ2) is 8.80. The number of anilines is 2. The Morgan fingerprint density at radius 2 is 1.62 bits per heavy atom. The predicted molar refractivity (Wildman–Crippen MR) is 125 cm³/mol. The van der Waals surface area contributed by atoms with Gasteiger partial charge in [0.05, 0.1) is 11.4 Å². The van der Waals surface area contributed by atoms with Gasteiger partial charge in [-0.15, -0.1) is 0 Å². The Hall–Kier alpha value is -2.63. The lowest BCUT2D eigenvalue weighted by atomic mass is 10.0. The number of carbonyl (C=O) groups is 1. The van der Waals surface area contributed by atoms with Crippen LogP contribution >= 0.6 is 23.8 Å². The molecule has 1 saturated heterocycles. The van der Waals surface area contributed by atoms with Crippen LogP contribution in [0.15, 0.2) is 60.7 Å². The summed E-state index contributed by atoms with van der Waals surface area (Å²) >= 11 is 11.7. The van der Waals surface area contributed by atoms with Crippen molar-refractivity contribution < 1.29 is 4.79 Å². The van der Waals surface area contributed by atoms with Gasteiger partial charge in [0.15, 0.2) is 5.11 Å². The molecule has 1 amide bonds. The Morgan fingerprint density at radius 1 is 0.897 bits per heavy atom. The molecule has 1 fully saturated rings. The number of piperidine rings is 1. The molecule has 1 aliphatic heterocycles. The Morgan fingerprint density at radius 3 is 2.45 bits per heavy atom. The minimum Gasteiger partial charge on any atom is -0.370 e. The van der Waals surface area contributed by atoms with E-state index in [-0.39, 0.29) is 11.0 Å². The average Bonchev–Trinajstić information content (AvgIpc) is 2.74. The third kappa shape index (κ3) is 4.36. The number of nitrogens with one attached hydrogen (secondary N) is 2. The molecule has 1 heterocycles. The zero-order chi connectivity index (χ0) is 20.2. The molecule has 6 heteroatoms.